The lowest BCUT2D eigenvalue weighted by atomic mass is 10.0. The first-order chi connectivity index (χ1) is 7.33. The molecule has 1 aromatic rings. The zero-order valence-corrected chi connectivity index (χ0v) is 11.0. The molecule has 0 atom stereocenters. The summed E-state index contributed by atoms with van der Waals surface area (Å²) in [6.07, 6.45) is 7.16. The highest BCUT2D eigenvalue weighted by Gasteiger charge is 1.93. The molecule has 0 bridgehead atoms. The van der Waals surface area contributed by atoms with Crippen molar-refractivity contribution >= 4 is 15.9 Å². The molecule has 0 fully saturated rings. The molecule has 0 saturated carbocycles. The Bertz CT molecular complexity index is 287. The molecule has 0 heterocycles. The third-order valence-corrected chi connectivity index (χ3v) is 2.94. The van der Waals surface area contributed by atoms with Crippen LogP contribution in [0, 0.1) is 0 Å². The van der Waals surface area contributed by atoms with Crippen molar-refractivity contribution in [3.05, 3.63) is 47.5 Å². The summed E-state index contributed by atoms with van der Waals surface area (Å²) in [5.41, 5.74) is 2.97. The minimum Gasteiger partial charge on any atom is -0.0925 e. The van der Waals surface area contributed by atoms with Crippen LogP contribution in [0.5, 0.6) is 0 Å². The van der Waals surface area contributed by atoms with Gasteiger partial charge in [0.15, 0.2) is 0 Å². The lowest BCUT2D eigenvalue weighted by molar-refractivity contribution is 0.808. The van der Waals surface area contributed by atoms with Crippen LogP contribution in [0.25, 0.3) is 0 Å². The summed E-state index contributed by atoms with van der Waals surface area (Å²) >= 11 is 3.44. The summed E-state index contributed by atoms with van der Waals surface area (Å²) in [6.45, 7) is 2.23. The van der Waals surface area contributed by atoms with Crippen LogP contribution >= 0.6 is 15.9 Å². The van der Waals surface area contributed by atoms with Crippen LogP contribution in [-0.4, -0.2) is 5.33 Å². The van der Waals surface area contributed by atoms with E-state index < -0.39 is 0 Å². The number of aryl methyl sites for hydroxylation is 1. The van der Waals surface area contributed by atoms with Crippen LogP contribution in [0.3, 0.4) is 0 Å². The van der Waals surface area contributed by atoms with Crippen molar-refractivity contribution in [2.24, 2.45) is 0 Å². The fourth-order valence-corrected chi connectivity index (χ4v) is 1.85. The fourth-order valence-electron chi connectivity index (χ4n) is 1.62. The van der Waals surface area contributed by atoms with Crippen molar-refractivity contribution in [1.29, 1.82) is 0 Å². The Morgan fingerprint density at radius 3 is 2.67 bits per heavy atom. The Morgan fingerprint density at radius 1 is 1.27 bits per heavy atom. The van der Waals surface area contributed by atoms with E-state index in [4.69, 9.17) is 0 Å². The van der Waals surface area contributed by atoms with E-state index in [1.165, 1.54) is 30.4 Å². The van der Waals surface area contributed by atoms with Gasteiger partial charge in [-0.15, -0.1) is 0 Å². The zero-order chi connectivity index (χ0) is 10.9. The molecule has 1 aromatic carbocycles. The van der Waals surface area contributed by atoms with Crippen LogP contribution in [0.15, 0.2) is 42.0 Å². The highest BCUT2D eigenvalue weighted by Crippen LogP contribution is 2.10. The van der Waals surface area contributed by atoms with E-state index in [1.807, 2.05) is 0 Å². The van der Waals surface area contributed by atoms with Gasteiger partial charge in [0, 0.05) is 5.33 Å². The molecule has 0 unspecified atom stereocenters. The van der Waals surface area contributed by atoms with Gasteiger partial charge in [-0.2, -0.15) is 0 Å². The molecule has 0 N–H and O–H groups in total. The monoisotopic (exact) mass is 266 g/mol. The minimum absolute atomic E-state index is 1.07. The van der Waals surface area contributed by atoms with E-state index in [0.717, 1.165) is 11.8 Å². The van der Waals surface area contributed by atoms with Gasteiger partial charge in [0.2, 0.25) is 0 Å². The second kappa shape index (κ2) is 7.70. The summed E-state index contributed by atoms with van der Waals surface area (Å²) in [4.78, 5) is 0. The maximum atomic E-state index is 3.44. The summed E-state index contributed by atoms with van der Waals surface area (Å²) in [5.74, 6) is 0. The highest BCUT2D eigenvalue weighted by atomic mass is 79.9. The molecule has 82 valence electrons. The quantitative estimate of drug-likeness (QED) is 0.516. The van der Waals surface area contributed by atoms with Crippen molar-refractivity contribution in [2.45, 2.75) is 32.6 Å². The van der Waals surface area contributed by atoms with Gasteiger partial charge in [0.05, 0.1) is 0 Å². The van der Waals surface area contributed by atoms with Gasteiger partial charge in [0.25, 0.3) is 0 Å². The molecular weight excluding hydrogens is 248 g/mol. The van der Waals surface area contributed by atoms with E-state index in [1.54, 1.807) is 0 Å². The number of allylic oxidation sites excluding steroid dienone is 2. The summed E-state index contributed by atoms with van der Waals surface area (Å²) < 4.78 is 0. The van der Waals surface area contributed by atoms with Crippen molar-refractivity contribution in [2.75, 3.05) is 5.33 Å². The first-order valence-corrected chi connectivity index (χ1v) is 6.70. The Balaban J connectivity index is 2.22. The second-order valence-electron chi connectivity index (χ2n) is 3.87. The SMILES string of the molecule is CC(=CCCBr)CCCc1ccccc1. The first kappa shape index (κ1) is 12.5. The van der Waals surface area contributed by atoms with Gasteiger partial charge in [-0.1, -0.05) is 57.9 Å². The minimum atomic E-state index is 1.07. The molecule has 0 spiro atoms. The predicted molar refractivity (Wildman–Crippen MR) is 71.5 cm³/mol. The lowest BCUT2D eigenvalue weighted by Gasteiger charge is -2.02. The van der Waals surface area contributed by atoms with E-state index >= 15 is 0 Å². The second-order valence-corrected chi connectivity index (χ2v) is 4.66. The highest BCUT2D eigenvalue weighted by molar-refractivity contribution is 9.09. The third kappa shape index (κ3) is 5.78. The van der Waals surface area contributed by atoms with E-state index in [-0.39, 0.29) is 0 Å². The largest absolute Gasteiger partial charge is 0.0925 e. The van der Waals surface area contributed by atoms with E-state index in [9.17, 15) is 0 Å². The van der Waals surface area contributed by atoms with Crippen LogP contribution in [-0.2, 0) is 6.42 Å². The van der Waals surface area contributed by atoms with Crippen LogP contribution < -0.4 is 0 Å². The molecule has 0 saturated heterocycles. The van der Waals surface area contributed by atoms with Crippen LogP contribution in [0.4, 0.5) is 0 Å². The summed E-state index contributed by atoms with van der Waals surface area (Å²) in [5, 5.41) is 1.07. The van der Waals surface area contributed by atoms with Gasteiger partial charge in [-0.05, 0) is 38.2 Å². The molecule has 0 amide bonds. The predicted octanol–water partition coefficient (Wildman–Crippen LogP) is 4.74. The average Bonchev–Trinajstić information content (AvgIpc) is 2.28. The molecule has 0 radical (unpaired) electrons. The maximum Gasteiger partial charge on any atom is 0.00660 e. The van der Waals surface area contributed by atoms with Crippen LogP contribution in [0.2, 0.25) is 0 Å². The van der Waals surface area contributed by atoms with Crippen molar-refractivity contribution in [3.8, 4) is 0 Å². The number of benzene rings is 1. The van der Waals surface area contributed by atoms with Gasteiger partial charge >= 0.3 is 0 Å². The van der Waals surface area contributed by atoms with Crippen molar-refractivity contribution < 1.29 is 0 Å². The Morgan fingerprint density at radius 2 is 2.00 bits per heavy atom. The first-order valence-electron chi connectivity index (χ1n) is 5.58. The molecule has 1 heteroatoms. The smallest absolute Gasteiger partial charge is 0.00660 e. The Hall–Kier alpha value is -0.560. The molecule has 0 aliphatic heterocycles. The number of halogens is 1. The standard InChI is InChI=1S/C14H19Br/c1-13(8-6-12-15)7-5-11-14-9-3-2-4-10-14/h2-4,8-10H,5-7,11-12H2,1H3. The van der Waals surface area contributed by atoms with Crippen molar-refractivity contribution in [1.82, 2.24) is 0 Å². The molecular formula is C14H19Br. The normalized spacial score (nSPS) is 11.7. The molecule has 0 aliphatic carbocycles. The van der Waals surface area contributed by atoms with E-state index in [0.29, 0.717) is 0 Å². The molecule has 0 aromatic heterocycles. The zero-order valence-electron chi connectivity index (χ0n) is 9.38. The molecule has 0 aliphatic rings. The number of alkyl halides is 1. The summed E-state index contributed by atoms with van der Waals surface area (Å²) in [7, 11) is 0. The number of hydrogen-bond donors (Lipinski definition) is 0. The Labute approximate surface area is 102 Å². The van der Waals surface area contributed by atoms with Gasteiger partial charge in [0.1, 0.15) is 0 Å². The Kier molecular flexibility index (Phi) is 6.42. The number of rotatable bonds is 6. The van der Waals surface area contributed by atoms with Gasteiger partial charge in [-0.3, -0.25) is 0 Å². The third-order valence-electron chi connectivity index (χ3n) is 2.48. The van der Waals surface area contributed by atoms with E-state index in [2.05, 4.69) is 59.3 Å². The summed E-state index contributed by atoms with van der Waals surface area (Å²) in [6, 6.07) is 10.7. The lowest BCUT2D eigenvalue weighted by Crippen LogP contribution is -1.86. The van der Waals surface area contributed by atoms with Gasteiger partial charge < -0.3 is 0 Å². The van der Waals surface area contributed by atoms with Crippen molar-refractivity contribution in [3.63, 3.8) is 0 Å². The average molecular weight is 267 g/mol. The van der Waals surface area contributed by atoms with Crippen LogP contribution in [0.1, 0.15) is 31.7 Å². The molecule has 1 rings (SSSR count). The molecule has 0 nitrogen and oxygen atoms in total. The maximum absolute atomic E-state index is 3.44. The fraction of sp³-hybridized carbons (Fsp3) is 0.429. The number of hydrogen-bond acceptors (Lipinski definition) is 0. The molecule has 15 heavy (non-hydrogen) atoms. The topological polar surface area (TPSA) is 0 Å². The van der Waals surface area contributed by atoms with Gasteiger partial charge in [-0.25, -0.2) is 0 Å².